The van der Waals surface area contributed by atoms with Gasteiger partial charge in [0, 0.05) is 5.92 Å². The Morgan fingerprint density at radius 3 is 2.16 bits per heavy atom. The molecule has 3 saturated carbocycles. The number of rotatable bonds is 2. The molecule has 19 heavy (non-hydrogen) atoms. The summed E-state index contributed by atoms with van der Waals surface area (Å²) in [7, 11) is 0. The molecule has 4 bridgehead atoms. The van der Waals surface area contributed by atoms with Crippen LogP contribution in [0.3, 0.4) is 0 Å². The minimum atomic E-state index is -4.90. The third-order valence-electron chi connectivity index (χ3n) is 6.14. The smallest absolute Gasteiger partial charge is 0.332 e. The molecule has 0 heterocycles. The summed E-state index contributed by atoms with van der Waals surface area (Å²) in [6.45, 7) is 0. The first kappa shape index (κ1) is 12.2. The molecule has 0 aromatic carbocycles. The van der Waals surface area contributed by atoms with Crippen LogP contribution in [0.15, 0.2) is 12.2 Å². The first-order valence-electron chi connectivity index (χ1n) is 6.97. The van der Waals surface area contributed by atoms with E-state index in [0.717, 1.165) is 6.42 Å². The second kappa shape index (κ2) is 3.35. The van der Waals surface area contributed by atoms with Crippen molar-refractivity contribution >= 4 is 0 Å². The number of hydrogen-bond donors (Lipinski definition) is 1. The summed E-state index contributed by atoms with van der Waals surface area (Å²) < 4.78 is 53.1. The number of halogens is 4. The SMILES string of the molecule is OC(F)(F)C(F)(F)C1CC2CC1C1C3C=CC(C3)C21. The van der Waals surface area contributed by atoms with E-state index < -0.39 is 17.9 Å². The Labute approximate surface area is 108 Å². The van der Waals surface area contributed by atoms with Crippen molar-refractivity contribution in [1.29, 1.82) is 0 Å². The number of allylic oxidation sites excluding steroid dienone is 2. The van der Waals surface area contributed by atoms with Gasteiger partial charge in [0.15, 0.2) is 0 Å². The summed E-state index contributed by atoms with van der Waals surface area (Å²) in [6, 6.07) is 0. The fourth-order valence-electron chi connectivity index (χ4n) is 5.66. The molecule has 1 nitrogen and oxygen atoms in total. The molecule has 106 valence electrons. The van der Waals surface area contributed by atoms with Crippen molar-refractivity contribution in [3.05, 3.63) is 12.2 Å². The normalized spacial score (nSPS) is 51.1. The maximum absolute atomic E-state index is 13.8. The van der Waals surface area contributed by atoms with Gasteiger partial charge in [-0.25, -0.2) is 0 Å². The summed E-state index contributed by atoms with van der Waals surface area (Å²) in [4.78, 5) is 0. The zero-order valence-corrected chi connectivity index (χ0v) is 10.3. The van der Waals surface area contributed by atoms with Crippen LogP contribution in [-0.4, -0.2) is 17.1 Å². The van der Waals surface area contributed by atoms with Gasteiger partial charge in [0.1, 0.15) is 0 Å². The van der Waals surface area contributed by atoms with Gasteiger partial charge in [-0.1, -0.05) is 12.2 Å². The largest absolute Gasteiger partial charge is 0.417 e. The minimum Gasteiger partial charge on any atom is -0.332 e. The van der Waals surface area contributed by atoms with Gasteiger partial charge in [0.05, 0.1) is 0 Å². The Bertz CT molecular complexity index is 441. The molecule has 0 amide bonds. The van der Waals surface area contributed by atoms with Crippen LogP contribution in [0.2, 0.25) is 0 Å². The molecule has 4 aliphatic rings. The number of alkyl halides is 4. The van der Waals surface area contributed by atoms with Crippen LogP contribution < -0.4 is 0 Å². The number of aliphatic hydroxyl groups is 1. The highest BCUT2D eigenvalue weighted by Crippen LogP contribution is 2.69. The van der Waals surface area contributed by atoms with Gasteiger partial charge in [0.2, 0.25) is 0 Å². The summed E-state index contributed by atoms with van der Waals surface area (Å²) in [5.41, 5.74) is 0. The predicted molar refractivity (Wildman–Crippen MR) is 59.5 cm³/mol. The molecule has 0 radical (unpaired) electrons. The number of hydrogen-bond acceptors (Lipinski definition) is 1. The molecular weight excluding hydrogens is 260 g/mol. The minimum absolute atomic E-state index is 0.145. The average Bonchev–Trinajstić information content (AvgIpc) is 3.05. The van der Waals surface area contributed by atoms with Crippen molar-refractivity contribution < 1.29 is 22.7 Å². The highest BCUT2D eigenvalue weighted by molar-refractivity contribution is 5.21. The Kier molecular flexibility index (Phi) is 2.15. The van der Waals surface area contributed by atoms with Crippen LogP contribution in [0, 0.1) is 41.4 Å². The van der Waals surface area contributed by atoms with E-state index in [0.29, 0.717) is 24.2 Å². The van der Waals surface area contributed by atoms with Crippen LogP contribution >= 0.6 is 0 Å². The fourth-order valence-corrected chi connectivity index (χ4v) is 5.66. The standard InChI is InChI=1S/C14H16F4O/c15-13(16,14(17,18)19)10-5-8-4-9(10)12-7-2-1-6(3-7)11(8)12/h1-2,6-12,19H,3-5H2. The lowest BCUT2D eigenvalue weighted by atomic mass is 9.67. The maximum Gasteiger partial charge on any atom is 0.417 e. The van der Waals surface area contributed by atoms with Crippen LogP contribution in [0.25, 0.3) is 0 Å². The van der Waals surface area contributed by atoms with Crippen molar-refractivity contribution in [2.45, 2.75) is 31.3 Å². The van der Waals surface area contributed by atoms with Gasteiger partial charge < -0.3 is 5.11 Å². The third-order valence-corrected chi connectivity index (χ3v) is 6.14. The highest BCUT2D eigenvalue weighted by Gasteiger charge is 2.70. The molecule has 0 aromatic heterocycles. The van der Waals surface area contributed by atoms with Crippen molar-refractivity contribution in [2.75, 3.05) is 0 Å². The molecule has 7 unspecified atom stereocenters. The average molecular weight is 276 g/mol. The van der Waals surface area contributed by atoms with Gasteiger partial charge >= 0.3 is 12.0 Å². The topological polar surface area (TPSA) is 20.2 Å². The molecule has 0 spiro atoms. The van der Waals surface area contributed by atoms with E-state index in [-0.39, 0.29) is 24.2 Å². The lowest BCUT2D eigenvalue weighted by Crippen LogP contribution is -2.50. The molecule has 5 heteroatoms. The zero-order valence-electron chi connectivity index (χ0n) is 10.3. The maximum atomic E-state index is 13.8. The van der Waals surface area contributed by atoms with Crippen molar-refractivity contribution in [3.8, 4) is 0 Å². The Balaban J connectivity index is 1.65. The van der Waals surface area contributed by atoms with Crippen LogP contribution in [-0.2, 0) is 0 Å². The van der Waals surface area contributed by atoms with Gasteiger partial charge in [-0.2, -0.15) is 17.6 Å². The number of fused-ring (bicyclic) bond motifs is 9. The molecule has 0 aromatic rings. The van der Waals surface area contributed by atoms with E-state index >= 15 is 0 Å². The van der Waals surface area contributed by atoms with Crippen molar-refractivity contribution in [3.63, 3.8) is 0 Å². The van der Waals surface area contributed by atoms with Crippen LogP contribution in [0.5, 0.6) is 0 Å². The monoisotopic (exact) mass is 276 g/mol. The van der Waals surface area contributed by atoms with Gasteiger partial charge in [-0.3, -0.25) is 0 Å². The molecule has 3 fully saturated rings. The van der Waals surface area contributed by atoms with Crippen molar-refractivity contribution in [1.82, 2.24) is 0 Å². The van der Waals surface area contributed by atoms with Gasteiger partial charge in [0.25, 0.3) is 0 Å². The van der Waals surface area contributed by atoms with E-state index in [9.17, 15) is 17.6 Å². The van der Waals surface area contributed by atoms with Crippen LogP contribution in [0.1, 0.15) is 19.3 Å². The van der Waals surface area contributed by atoms with E-state index in [2.05, 4.69) is 12.2 Å². The quantitative estimate of drug-likeness (QED) is 0.466. The molecular formula is C14H16F4O. The molecule has 1 N–H and O–H groups in total. The van der Waals surface area contributed by atoms with Crippen molar-refractivity contribution in [2.24, 2.45) is 41.4 Å². The van der Waals surface area contributed by atoms with E-state index in [1.54, 1.807) is 0 Å². The highest BCUT2D eigenvalue weighted by atomic mass is 19.3. The third kappa shape index (κ3) is 1.35. The van der Waals surface area contributed by atoms with E-state index in [4.69, 9.17) is 5.11 Å². The second-order valence-corrected chi connectivity index (χ2v) is 6.77. The molecule has 4 aliphatic carbocycles. The second-order valence-electron chi connectivity index (χ2n) is 6.77. The molecule has 0 aliphatic heterocycles. The Hall–Kier alpha value is -0.580. The predicted octanol–water partition coefficient (Wildman–Crippen LogP) is 3.30. The van der Waals surface area contributed by atoms with E-state index in [1.807, 2.05) is 0 Å². The molecule has 7 atom stereocenters. The fraction of sp³-hybridized carbons (Fsp3) is 0.857. The zero-order chi connectivity index (χ0) is 13.6. The lowest BCUT2D eigenvalue weighted by Gasteiger charge is -2.40. The summed E-state index contributed by atoms with van der Waals surface area (Å²) in [6.07, 6.45) is 1.16. The summed E-state index contributed by atoms with van der Waals surface area (Å²) in [5.74, 6) is -4.48. The van der Waals surface area contributed by atoms with E-state index in [1.165, 1.54) is 0 Å². The molecule has 0 saturated heterocycles. The van der Waals surface area contributed by atoms with Crippen LogP contribution in [0.4, 0.5) is 17.6 Å². The van der Waals surface area contributed by atoms with Gasteiger partial charge in [-0.15, -0.1) is 0 Å². The summed E-state index contributed by atoms with van der Waals surface area (Å²) in [5, 5.41) is 8.51. The van der Waals surface area contributed by atoms with Gasteiger partial charge in [-0.05, 0) is 54.8 Å². The lowest BCUT2D eigenvalue weighted by molar-refractivity contribution is -0.348. The summed E-state index contributed by atoms with van der Waals surface area (Å²) >= 11 is 0. The Morgan fingerprint density at radius 2 is 1.53 bits per heavy atom. The Morgan fingerprint density at radius 1 is 0.895 bits per heavy atom. The first-order valence-corrected chi connectivity index (χ1v) is 6.97. The first-order chi connectivity index (χ1) is 8.80. The molecule has 4 rings (SSSR count).